The molecular formula is C12H16N2O. The Balaban J connectivity index is 2.44. The van der Waals surface area contributed by atoms with Gasteiger partial charge in [-0.05, 0) is 32.5 Å². The fourth-order valence-corrected chi connectivity index (χ4v) is 1.66. The van der Waals surface area contributed by atoms with E-state index in [4.69, 9.17) is 4.42 Å². The number of hydrogen-bond donors (Lipinski definition) is 1. The van der Waals surface area contributed by atoms with Crippen LogP contribution in [0.5, 0.6) is 0 Å². The molecule has 0 atom stereocenters. The van der Waals surface area contributed by atoms with Crippen molar-refractivity contribution in [1.82, 2.24) is 10.3 Å². The summed E-state index contributed by atoms with van der Waals surface area (Å²) in [6, 6.07) is 7.82. The molecule has 3 heteroatoms. The summed E-state index contributed by atoms with van der Waals surface area (Å²) in [5.74, 6) is 0.741. The molecule has 0 fully saturated rings. The normalized spacial score (nSPS) is 12.2. The lowest BCUT2D eigenvalue weighted by atomic mass is 10.1. The van der Waals surface area contributed by atoms with E-state index in [0.29, 0.717) is 0 Å². The molecule has 0 saturated heterocycles. The van der Waals surface area contributed by atoms with Gasteiger partial charge in [0, 0.05) is 0 Å². The molecule has 1 N–H and O–H groups in total. The first-order chi connectivity index (χ1) is 7.13. The van der Waals surface area contributed by atoms with E-state index in [1.165, 1.54) is 0 Å². The molecule has 1 aromatic carbocycles. The number of aromatic nitrogens is 1. The molecule has 1 aromatic heterocycles. The van der Waals surface area contributed by atoms with E-state index in [0.717, 1.165) is 23.5 Å². The van der Waals surface area contributed by atoms with Crippen LogP contribution in [-0.2, 0) is 5.54 Å². The van der Waals surface area contributed by atoms with Gasteiger partial charge in [0.15, 0.2) is 5.58 Å². The highest BCUT2D eigenvalue weighted by molar-refractivity contribution is 5.72. The van der Waals surface area contributed by atoms with Gasteiger partial charge in [-0.1, -0.05) is 19.1 Å². The standard InChI is InChI=1S/C12H16N2O/c1-4-13-12(2,3)11-14-9-7-5-6-8-10(9)15-11/h5-8,13H,4H2,1-3H3. The minimum atomic E-state index is -0.215. The number of para-hydroxylation sites is 2. The quantitative estimate of drug-likeness (QED) is 0.835. The largest absolute Gasteiger partial charge is 0.439 e. The van der Waals surface area contributed by atoms with Gasteiger partial charge in [-0.2, -0.15) is 0 Å². The van der Waals surface area contributed by atoms with Crippen LogP contribution in [0, 0.1) is 0 Å². The Hall–Kier alpha value is -1.35. The SMILES string of the molecule is CCNC(C)(C)c1nc2ccccc2o1. The van der Waals surface area contributed by atoms with Crippen LogP contribution < -0.4 is 5.32 Å². The maximum atomic E-state index is 5.71. The van der Waals surface area contributed by atoms with E-state index in [1.807, 2.05) is 24.3 Å². The summed E-state index contributed by atoms with van der Waals surface area (Å²) in [7, 11) is 0. The van der Waals surface area contributed by atoms with E-state index in [2.05, 4.69) is 31.1 Å². The average Bonchev–Trinajstić information content (AvgIpc) is 2.61. The Morgan fingerprint density at radius 3 is 2.73 bits per heavy atom. The Kier molecular flexibility index (Phi) is 2.49. The van der Waals surface area contributed by atoms with Crippen molar-refractivity contribution in [2.75, 3.05) is 6.54 Å². The number of fused-ring (bicyclic) bond motifs is 1. The third-order valence-electron chi connectivity index (χ3n) is 2.45. The summed E-state index contributed by atoms with van der Waals surface area (Å²) in [6.45, 7) is 7.11. The van der Waals surface area contributed by atoms with Crippen molar-refractivity contribution in [1.29, 1.82) is 0 Å². The van der Waals surface area contributed by atoms with Crippen molar-refractivity contribution >= 4 is 11.1 Å². The number of rotatable bonds is 3. The molecule has 0 unspecified atom stereocenters. The minimum absolute atomic E-state index is 0.215. The number of oxazole rings is 1. The molecule has 80 valence electrons. The highest BCUT2D eigenvalue weighted by Gasteiger charge is 2.25. The first-order valence-electron chi connectivity index (χ1n) is 5.24. The lowest BCUT2D eigenvalue weighted by Crippen LogP contribution is -2.36. The molecule has 0 amide bonds. The summed E-state index contributed by atoms with van der Waals surface area (Å²) >= 11 is 0. The molecule has 0 spiro atoms. The first-order valence-corrected chi connectivity index (χ1v) is 5.24. The van der Waals surface area contributed by atoms with E-state index >= 15 is 0 Å². The molecule has 2 rings (SSSR count). The second-order valence-electron chi connectivity index (χ2n) is 4.14. The van der Waals surface area contributed by atoms with Crippen LogP contribution in [0.4, 0.5) is 0 Å². The molecule has 0 aliphatic carbocycles. The highest BCUT2D eigenvalue weighted by atomic mass is 16.4. The van der Waals surface area contributed by atoms with Gasteiger partial charge in [0.2, 0.25) is 5.89 Å². The van der Waals surface area contributed by atoms with Crippen molar-refractivity contribution in [3.8, 4) is 0 Å². The molecule has 3 nitrogen and oxygen atoms in total. The zero-order valence-electron chi connectivity index (χ0n) is 9.37. The van der Waals surface area contributed by atoms with Crippen molar-refractivity contribution in [2.24, 2.45) is 0 Å². The van der Waals surface area contributed by atoms with Crippen molar-refractivity contribution in [3.05, 3.63) is 30.2 Å². The second-order valence-corrected chi connectivity index (χ2v) is 4.14. The van der Waals surface area contributed by atoms with E-state index in [-0.39, 0.29) is 5.54 Å². The zero-order chi connectivity index (χ0) is 10.9. The molecule has 0 aliphatic rings. The Labute approximate surface area is 89.5 Å². The monoisotopic (exact) mass is 204 g/mol. The molecule has 0 saturated carbocycles. The summed E-state index contributed by atoms with van der Waals surface area (Å²) in [4.78, 5) is 4.47. The van der Waals surface area contributed by atoms with Crippen LogP contribution in [0.15, 0.2) is 28.7 Å². The van der Waals surface area contributed by atoms with E-state index < -0.39 is 0 Å². The van der Waals surface area contributed by atoms with E-state index in [1.54, 1.807) is 0 Å². The first kappa shape index (κ1) is 10.2. The Bertz CT molecular complexity index is 426. The summed E-state index contributed by atoms with van der Waals surface area (Å²) in [5.41, 5.74) is 1.55. The van der Waals surface area contributed by atoms with Crippen molar-refractivity contribution in [2.45, 2.75) is 26.3 Å². The lowest BCUT2D eigenvalue weighted by Gasteiger charge is -2.21. The third kappa shape index (κ3) is 1.88. The Morgan fingerprint density at radius 1 is 1.33 bits per heavy atom. The van der Waals surface area contributed by atoms with Crippen LogP contribution in [0.3, 0.4) is 0 Å². The molecule has 0 aliphatic heterocycles. The summed E-state index contributed by atoms with van der Waals surface area (Å²) in [6.07, 6.45) is 0. The van der Waals surface area contributed by atoms with Crippen LogP contribution in [0.1, 0.15) is 26.7 Å². The van der Waals surface area contributed by atoms with Gasteiger partial charge in [-0.3, -0.25) is 0 Å². The predicted molar refractivity (Wildman–Crippen MR) is 60.7 cm³/mol. The number of hydrogen-bond acceptors (Lipinski definition) is 3. The van der Waals surface area contributed by atoms with Crippen LogP contribution in [0.25, 0.3) is 11.1 Å². The molecule has 1 heterocycles. The maximum absolute atomic E-state index is 5.71. The average molecular weight is 204 g/mol. The smallest absolute Gasteiger partial charge is 0.215 e. The number of nitrogens with zero attached hydrogens (tertiary/aromatic N) is 1. The molecular weight excluding hydrogens is 188 g/mol. The van der Waals surface area contributed by atoms with Gasteiger partial charge in [-0.15, -0.1) is 0 Å². The van der Waals surface area contributed by atoms with E-state index in [9.17, 15) is 0 Å². The molecule has 0 radical (unpaired) electrons. The zero-order valence-corrected chi connectivity index (χ0v) is 9.37. The van der Waals surface area contributed by atoms with Gasteiger partial charge in [0.25, 0.3) is 0 Å². The fourth-order valence-electron chi connectivity index (χ4n) is 1.66. The molecule has 0 bridgehead atoms. The fraction of sp³-hybridized carbons (Fsp3) is 0.417. The van der Waals surface area contributed by atoms with Gasteiger partial charge in [0.1, 0.15) is 5.52 Å². The number of nitrogens with one attached hydrogen (secondary N) is 1. The third-order valence-corrected chi connectivity index (χ3v) is 2.45. The van der Waals surface area contributed by atoms with Gasteiger partial charge < -0.3 is 9.73 Å². The van der Waals surface area contributed by atoms with Crippen LogP contribution in [0.2, 0.25) is 0 Å². The topological polar surface area (TPSA) is 38.1 Å². The summed E-state index contributed by atoms with van der Waals surface area (Å²) in [5, 5.41) is 3.34. The molecule has 2 aromatic rings. The highest BCUT2D eigenvalue weighted by Crippen LogP contribution is 2.23. The number of benzene rings is 1. The van der Waals surface area contributed by atoms with Crippen molar-refractivity contribution < 1.29 is 4.42 Å². The minimum Gasteiger partial charge on any atom is -0.439 e. The van der Waals surface area contributed by atoms with Gasteiger partial charge in [0.05, 0.1) is 5.54 Å². The predicted octanol–water partition coefficient (Wildman–Crippen LogP) is 2.67. The summed E-state index contributed by atoms with van der Waals surface area (Å²) < 4.78 is 5.71. The van der Waals surface area contributed by atoms with Crippen LogP contribution in [-0.4, -0.2) is 11.5 Å². The van der Waals surface area contributed by atoms with Crippen LogP contribution >= 0.6 is 0 Å². The Morgan fingerprint density at radius 2 is 2.07 bits per heavy atom. The lowest BCUT2D eigenvalue weighted by molar-refractivity contribution is 0.323. The second kappa shape index (κ2) is 3.66. The van der Waals surface area contributed by atoms with Gasteiger partial charge >= 0.3 is 0 Å². The van der Waals surface area contributed by atoms with Gasteiger partial charge in [-0.25, -0.2) is 4.98 Å². The maximum Gasteiger partial charge on any atom is 0.215 e. The van der Waals surface area contributed by atoms with Crippen molar-refractivity contribution in [3.63, 3.8) is 0 Å². The molecule has 15 heavy (non-hydrogen) atoms.